The van der Waals surface area contributed by atoms with Crippen molar-refractivity contribution in [3.05, 3.63) is 41.1 Å². The molecule has 0 aromatic carbocycles. The summed E-state index contributed by atoms with van der Waals surface area (Å²) in [5.41, 5.74) is 0.346. The summed E-state index contributed by atoms with van der Waals surface area (Å²) in [6, 6.07) is -0.0501. The summed E-state index contributed by atoms with van der Waals surface area (Å²) in [5.74, 6) is -1.91. The molecular weight excluding hydrogens is 500 g/mol. The van der Waals surface area contributed by atoms with E-state index >= 15 is 0 Å². The third kappa shape index (κ3) is 6.49. The van der Waals surface area contributed by atoms with Gasteiger partial charge in [0.05, 0.1) is 30.9 Å². The molecule has 3 aliphatic rings. The Morgan fingerprint density at radius 3 is 2.15 bits per heavy atom. The van der Waals surface area contributed by atoms with Gasteiger partial charge in [0.1, 0.15) is 0 Å². The predicted octanol–water partition coefficient (Wildman–Crippen LogP) is 4.23. The molecule has 0 atom stereocenters. The number of amides is 1. The van der Waals surface area contributed by atoms with Crippen molar-refractivity contribution in [1.82, 2.24) is 14.8 Å². The van der Waals surface area contributed by atoms with Crippen LogP contribution in [-0.4, -0.2) is 57.6 Å². The third-order valence-corrected chi connectivity index (χ3v) is 7.33. The second kappa shape index (κ2) is 13.4. The zero-order valence-corrected chi connectivity index (χ0v) is 22.8. The maximum atomic E-state index is 13.2. The van der Waals surface area contributed by atoms with Gasteiger partial charge in [-0.2, -0.15) is 10.2 Å². The maximum Gasteiger partial charge on any atom is 0.359 e. The Labute approximate surface area is 229 Å². The predicted molar refractivity (Wildman–Crippen MR) is 144 cm³/mol. The molecule has 39 heavy (non-hydrogen) atoms. The van der Waals surface area contributed by atoms with E-state index in [9.17, 15) is 19.5 Å². The lowest BCUT2D eigenvalue weighted by Crippen LogP contribution is -2.35. The Balaban J connectivity index is 1.55. The van der Waals surface area contributed by atoms with Crippen LogP contribution in [0.4, 0.5) is 0 Å². The molecule has 2 saturated carbocycles. The van der Waals surface area contributed by atoms with E-state index in [1.54, 1.807) is 32.1 Å². The summed E-state index contributed by atoms with van der Waals surface area (Å²) in [6.07, 6.45) is 17.7. The van der Waals surface area contributed by atoms with Crippen LogP contribution in [0.1, 0.15) is 100 Å². The quantitative estimate of drug-likeness (QED) is 0.262. The molecule has 1 aromatic heterocycles. The lowest BCUT2D eigenvalue weighted by Gasteiger charge is -2.27. The molecule has 2 aliphatic carbocycles. The first-order valence-corrected chi connectivity index (χ1v) is 14.1. The van der Waals surface area contributed by atoms with E-state index in [2.05, 4.69) is 10.2 Å². The van der Waals surface area contributed by atoms with Crippen LogP contribution in [0.2, 0.25) is 0 Å². The molecule has 1 amide bonds. The van der Waals surface area contributed by atoms with Crippen LogP contribution >= 0.6 is 0 Å². The van der Waals surface area contributed by atoms with Crippen molar-refractivity contribution in [3.63, 3.8) is 0 Å². The van der Waals surface area contributed by atoms with Gasteiger partial charge in [-0.3, -0.25) is 9.48 Å². The Morgan fingerprint density at radius 1 is 0.897 bits per heavy atom. The number of carbonyl (C=O) groups excluding carboxylic acids is 3. The molecule has 1 aliphatic heterocycles. The molecule has 2 fully saturated rings. The molecule has 0 spiro atoms. The minimum Gasteiger partial charge on any atom is -0.858 e. The van der Waals surface area contributed by atoms with Gasteiger partial charge in [-0.05, 0) is 51.5 Å². The summed E-state index contributed by atoms with van der Waals surface area (Å²) in [4.78, 5) is 38.2. The summed E-state index contributed by atoms with van der Waals surface area (Å²) < 4.78 is 11.7. The van der Waals surface area contributed by atoms with Crippen molar-refractivity contribution in [3.8, 4) is 5.88 Å². The van der Waals surface area contributed by atoms with Gasteiger partial charge in [-0.25, -0.2) is 14.6 Å². The Kier molecular flexibility index (Phi) is 9.73. The van der Waals surface area contributed by atoms with Gasteiger partial charge >= 0.3 is 11.9 Å². The van der Waals surface area contributed by atoms with Gasteiger partial charge in [0.15, 0.2) is 11.4 Å². The molecule has 210 valence electrons. The zero-order valence-electron chi connectivity index (χ0n) is 22.8. The van der Waals surface area contributed by atoms with E-state index in [-0.39, 0.29) is 59.6 Å². The average molecular weight is 538 g/mol. The lowest BCUT2D eigenvalue weighted by atomic mass is 9.95. The highest BCUT2D eigenvalue weighted by Gasteiger charge is 2.38. The zero-order chi connectivity index (χ0) is 27.8. The summed E-state index contributed by atoms with van der Waals surface area (Å²) in [5, 5.41) is 23.3. The first kappa shape index (κ1) is 28.3. The van der Waals surface area contributed by atoms with Crippen LogP contribution in [0.15, 0.2) is 35.0 Å². The second-order valence-electron chi connectivity index (χ2n) is 9.96. The minimum atomic E-state index is -0.635. The normalized spacial score (nSPS) is 20.4. The number of rotatable bonds is 9. The van der Waals surface area contributed by atoms with Crippen LogP contribution < -0.4 is 5.11 Å². The smallest absolute Gasteiger partial charge is 0.359 e. The van der Waals surface area contributed by atoms with E-state index in [1.807, 2.05) is 0 Å². The van der Waals surface area contributed by atoms with Crippen molar-refractivity contribution < 1.29 is 29.0 Å². The van der Waals surface area contributed by atoms with Crippen molar-refractivity contribution in [1.29, 1.82) is 0 Å². The van der Waals surface area contributed by atoms with E-state index in [1.165, 1.54) is 21.8 Å². The maximum absolute atomic E-state index is 13.2. The number of carbonyl (C=O) groups is 3. The van der Waals surface area contributed by atoms with E-state index in [4.69, 9.17) is 9.47 Å². The standard InChI is InChI=1S/C29H38N4O6/c1-3-38-28(36)24-22(26(34)32(30-24)20-14-8-5-9-15-20)18-12-7-13-19-23-25(29(37)39-4-2)31-33(27(23)35)21-16-10-6-11-17-21/h7,12-13,18-21,34H,3-6,8-11,14-17H2,1-2H3/p-1/b13-7?,18-12?,23-19-. The molecule has 10 heteroatoms. The molecule has 0 N–H and O–H groups in total. The Bertz CT molecular complexity index is 1180. The monoisotopic (exact) mass is 537 g/mol. The van der Waals surface area contributed by atoms with Gasteiger partial charge in [0, 0.05) is 5.56 Å². The number of hydrogen-bond donors (Lipinski definition) is 0. The Hall–Kier alpha value is -3.69. The first-order valence-electron chi connectivity index (χ1n) is 14.1. The van der Waals surface area contributed by atoms with Crippen LogP contribution in [0.3, 0.4) is 0 Å². The molecule has 4 rings (SSSR count). The topological polar surface area (TPSA) is 126 Å². The molecule has 0 unspecified atom stereocenters. The molecular formula is C29H37N4O6-. The Morgan fingerprint density at radius 2 is 1.51 bits per heavy atom. The van der Waals surface area contributed by atoms with Gasteiger partial charge in [-0.15, -0.1) is 0 Å². The van der Waals surface area contributed by atoms with Gasteiger partial charge in [0.25, 0.3) is 5.91 Å². The van der Waals surface area contributed by atoms with E-state index in [0.29, 0.717) is 0 Å². The fourth-order valence-corrected chi connectivity index (χ4v) is 5.38. The van der Waals surface area contributed by atoms with Crippen molar-refractivity contribution in [2.24, 2.45) is 5.10 Å². The molecule has 10 nitrogen and oxygen atoms in total. The third-order valence-electron chi connectivity index (χ3n) is 7.33. The SMILES string of the molecule is CCOC(=O)C1=NN(C2CCCCC2)C(=O)/C1=C\C=CC=Cc1c(C(=O)OCC)nn(C2CCCCC2)c1[O-]. The number of hydrazone groups is 1. The van der Waals surface area contributed by atoms with Gasteiger partial charge < -0.3 is 14.6 Å². The van der Waals surface area contributed by atoms with Crippen LogP contribution in [0, 0.1) is 0 Å². The number of allylic oxidation sites excluding steroid dienone is 4. The number of aromatic nitrogens is 2. The fourth-order valence-electron chi connectivity index (χ4n) is 5.38. The summed E-state index contributed by atoms with van der Waals surface area (Å²) in [6.45, 7) is 3.76. The van der Waals surface area contributed by atoms with Gasteiger partial charge in [0.2, 0.25) is 0 Å². The highest BCUT2D eigenvalue weighted by molar-refractivity contribution is 6.51. The lowest BCUT2D eigenvalue weighted by molar-refractivity contribution is -0.281. The largest absolute Gasteiger partial charge is 0.858 e. The molecule has 0 bridgehead atoms. The molecule has 0 saturated heterocycles. The first-order chi connectivity index (χ1) is 19.0. The van der Waals surface area contributed by atoms with E-state index < -0.39 is 11.9 Å². The second-order valence-corrected chi connectivity index (χ2v) is 9.96. The van der Waals surface area contributed by atoms with Crippen molar-refractivity contribution in [2.75, 3.05) is 13.2 Å². The van der Waals surface area contributed by atoms with Crippen LogP contribution in [-0.2, 0) is 19.1 Å². The van der Waals surface area contributed by atoms with Gasteiger partial charge in [-0.1, -0.05) is 62.8 Å². The fraction of sp³-hybridized carbons (Fsp3) is 0.552. The number of ether oxygens (including phenoxy) is 2. The minimum absolute atomic E-state index is 0.00116. The highest BCUT2D eigenvalue weighted by Crippen LogP contribution is 2.33. The molecule has 1 aromatic rings. The summed E-state index contributed by atoms with van der Waals surface area (Å²) >= 11 is 0. The van der Waals surface area contributed by atoms with Crippen molar-refractivity contribution >= 4 is 29.6 Å². The van der Waals surface area contributed by atoms with Crippen molar-refractivity contribution in [2.45, 2.75) is 90.1 Å². The molecule has 2 heterocycles. The van der Waals surface area contributed by atoms with E-state index in [0.717, 1.165) is 64.2 Å². The average Bonchev–Trinajstić information content (AvgIpc) is 3.46. The molecule has 0 radical (unpaired) electrons. The van der Waals surface area contributed by atoms with Crippen LogP contribution in [0.25, 0.3) is 6.08 Å². The summed E-state index contributed by atoms with van der Waals surface area (Å²) in [7, 11) is 0. The number of esters is 2. The number of nitrogens with zero attached hydrogens (tertiary/aromatic N) is 4. The van der Waals surface area contributed by atoms with Crippen LogP contribution in [0.5, 0.6) is 5.88 Å². The highest BCUT2D eigenvalue weighted by atomic mass is 16.5. The number of hydrogen-bond acceptors (Lipinski definition) is 8.